The number of halogens is 1. The van der Waals surface area contributed by atoms with E-state index in [-0.39, 0.29) is 23.7 Å². The summed E-state index contributed by atoms with van der Waals surface area (Å²) >= 11 is 5.71. The number of aromatic nitrogens is 2. The molecule has 1 atom stereocenters. The number of rotatable bonds is 10. The van der Waals surface area contributed by atoms with E-state index in [1.54, 1.807) is 19.2 Å². The summed E-state index contributed by atoms with van der Waals surface area (Å²) in [5.74, 6) is 1.02. The molecular weight excluding hydrogens is 442 g/mol. The molecule has 9 heteroatoms. The van der Waals surface area contributed by atoms with Crippen molar-refractivity contribution in [3.8, 4) is 5.75 Å². The number of ether oxygens (including phenoxy) is 1. The van der Waals surface area contributed by atoms with Crippen LogP contribution in [-0.4, -0.2) is 40.5 Å². The van der Waals surface area contributed by atoms with E-state index in [9.17, 15) is 9.59 Å². The van der Waals surface area contributed by atoms with Crippen molar-refractivity contribution < 1.29 is 14.3 Å². The van der Waals surface area contributed by atoms with Crippen LogP contribution >= 0.6 is 11.6 Å². The molecule has 1 aliphatic heterocycles. The van der Waals surface area contributed by atoms with Gasteiger partial charge in [-0.05, 0) is 43.0 Å². The fourth-order valence-electron chi connectivity index (χ4n) is 4.04. The maximum Gasteiger partial charge on any atom is 0.252 e. The fraction of sp³-hybridized carbons (Fsp3) is 0.333. The maximum atomic E-state index is 13.2. The van der Waals surface area contributed by atoms with Gasteiger partial charge in [0.1, 0.15) is 11.6 Å². The number of carbonyl (C=O) groups excluding carboxylic acids is 2. The standard InChI is InChI=1S/C24H26ClN5O3/c1-33-16-9-10-18-20(11-16)29-22(28-18)19(8-3-2-6-15(26)12-25)30-23(31)17-7-4-5-14-13-27-24(32)21(14)17/h4-5,7,9-11,19,26H,2-3,6,8,12-13H2,1H3,(H,27,32)(H,28,29)(H,30,31)/t19-/m0/s1. The van der Waals surface area contributed by atoms with Gasteiger partial charge < -0.3 is 25.8 Å². The number of benzene rings is 2. The molecule has 3 aromatic rings. The first-order valence-electron chi connectivity index (χ1n) is 10.9. The molecule has 4 rings (SSSR count). The molecule has 2 aromatic carbocycles. The molecule has 2 heterocycles. The summed E-state index contributed by atoms with van der Waals surface area (Å²) in [6.45, 7) is 0.427. The third kappa shape index (κ3) is 5.01. The average molecular weight is 468 g/mol. The molecule has 0 bridgehead atoms. The monoisotopic (exact) mass is 467 g/mol. The van der Waals surface area contributed by atoms with Crippen LogP contribution in [0.2, 0.25) is 0 Å². The Morgan fingerprint density at radius 1 is 1.30 bits per heavy atom. The van der Waals surface area contributed by atoms with Crippen LogP contribution < -0.4 is 15.4 Å². The molecular formula is C24H26ClN5O3. The van der Waals surface area contributed by atoms with Gasteiger partial charge in [0.05, 0.1) is 41.2 Å². The normalized spacial score (nSPS) is 13.5. The summed E-state index contributed by atoms with van der Waals surface area (Å²) in [5, 5.41) is 13.6. The topological polar surface area (TPSA) is 120 Å². The Kier molecular flexibility index (Phi) is 6.93. The number of methoxy groups -OCH3 is 1. The third-order valence-corrected chi connectivity index (χ3v) is 6.11. The lowest BCUT2D eigenvalue weighted by Gasteiger charge is -2.18. The number of aromatic amines is 1. The van der Waals surface area contributed by atoms with Gasteiger partial charge in [-0.1, -0.05) is 18.6 Å². The van der Waals surface area contributed by atoms with E-state index in [0.29, 0.717) is 47.8 Å². The lowest BCUT2D eigenvalue weighted by Crippen LogP contribution is -2.31. The number of carbonyl (C=O) groups is 2. The highest BCUT2D eigenvalue weighted by atomic mass is 35.5. The molecule has 33 heavy (non-hydrogen) atoms. The Balaban J connectivity index is 1.58. The van der Waals surface area contributed by atoms with Crippen molar-refractivity contribution in [1.82, 2.24) is 20.6 Å². The number of nitrogens with one attached hydrogen (secondary N) is 4. The number of hydrogen-bond donors (Lipinski definition) is 4. The summed E-state index contributed by atoms with van der Waals surface area (Å²) in [5.41, 5.74) is 3.69. The van der Waals surface area contributed by atoms with Crippen molar-refractivity contribution in [3.63, 3.8) is 0 Å². The highest BCUT2D eigenvalue weighted by molar-refractivity contribution is 6.28. The zero-order valence-corrected chi connectivity index (χ0v) is 19.1. The summed E-state index contributed by atoms with van der Waals surface area (Å²) in [6.07, 6.45) is 2.81. The molecule has 0 unspecified atom stereocenters. The van der Waals surface area contributed by atoms with E-state index in [2.05, 4.69) is 20.6 Å². The van der Waals surface area contributed by atoms with Crippen LogP contribution in [0.15, 0.2) is 36.4 Å². The molecule has 0 saturated heterocycles. The van der Waals surface area contributed by atoms with Crippen molar-refractivity contribution in [2.75, 3.05) is 13.0 Å². The van der Waals surface area contributed by atoms with Crippen LogP contribution in [0.3, 0.4) is 0 Å². The van der Waals surface area contributed by atoms with E-state index < -0.39 is 0 Å². The average Bonchev–Trinajstić information content (AvgIpc) is 3.43. The molecule has 2 amide bonds. The lowest BCUT2D eigenvalue weighted by molar-refractivity contribution is 0.0912. The van der Waals surface area contributed by atoms with Crippen LogP contribution in [0, 0.1) is 5.41 Å². The summed E-state index contributed by atoms with van der Waals surface area (Å²) in [6, 6.07) is 10.5. The highest BCUT2D eigenvalue weighted by Gasteiger charge is 2.27. The smallest absolute Gasteiger partial charge is 0.252 e. The van der Waals surface area contributed by atoms with Crippen molar-refractivity contribution in [3.05, 3.63) is 58.9 Å². The zero-order chi connectivity index (χ0) is 23.4. The zero-order valence-electron chi connectivity index (χ0n) is 18.3. The van der Waals surface area contributed by atoms with E-state index in [1.165, 1.54) is 0 Å². The van der Waals surface area contributed by atoms with Crippen LogP contribution in [0.25, 0.3) is 11.0 Å². The molecule has 1 aromatic heterocycles. The number of alkyl halides is 1. The van der Waals surface area contributed by atoms with Gasteiger partial charge in [-0.15, -0.1) is 11.6 Å². The Bertz CT molecular complexity index is 1210. The minimum atomic E-state index is -0.388. The van der Waals surface area contributed by atoms with Gasteiger partial charge in [0.2, 0.25) is 0 Å². The number of unbranched alkanes of at least 4 members (excludes halogenated alkanes) is 1. The van der Waals surface area contributed by atoms with Crippen LogP contribution in [-0.2, 0) is 6.54 Å². The van der Waals surface area contributed by atoms with Crippen LogP contribution in [0.1, 0.15) is 63.8 Å². The van der Waals surface area contributed by atoms with E-state index in [1.807, 2.05) is 24.3 Å². The quantitative estimate of drug-likeness (QED) is 0.204. The SMILES string of the molecule is COc1ccc2nc([C@H](CCCCC(=N)CCl)NC(=O)c3cccc4c3C(=O)NC4)[nH]c2c1. The second-order valence-electron chi connectivity index (χ2n) is 8.04. The predicted octanol–water partition coefficient (Wildman–Crippen LogP) is 4.10. The molecule has 1 aliphatic rings. The lowest BCUT2D eigenvalue weighted by atomic mass is 10.0. The molecule has 4 N–H and O–H groups in total. The van der Waals surface area contributed by atoms with Crippen molar-refractivity contribution >= 4 is 40.2 Å². The second-order valence-corrected chi connectivity index (χ2v) is 8.30. The Morgan fingerprint density at radius 3 is 2.94 bits per heavy atom. The maximum absolute atomic E-state index is 13.2. The van der Waals surface area contributed by atoms with Crippen molar-refractivity contribution in [2.24, 2.45) is 0 Å². The Morgan fingerprint density at radius 2 is 2.15 bits per heavy atom. The van der Waals surface area contributed by atoms with E-state index in [4.69, 9.17) is 21.7 Å². The number of nitrogens with zero attached hydrogens (tertiary/aromatic N) is 1. The Labute approximate surface area is 196 Å². The van der Waals surface area contributed by atoms with E-state index in [0.717, 1.165) is 29.4 Å². The van der Waals surface area contributed by atoms with Gasteiger partial charge in [-0.2, -0.15) is 0 Å². The van der Waals surface area contributed by atoms with Crippen LogP contribution in [0.5, 0.6) is 5.75 Å². The number of fused-ring (bicyclic) bond motifs is 2. The first-order chi connectivity index (χ1) is 16.0. The van der Waals surface area contributed by atoms with Crippen molar-refractivity contribution in [2.45, 2.75) is 38.3 Å². The second kappa shape index (κ2) is 10.0. The third-order valence-electron chi connectivity index (χ3n) is 5.79. The molecule has 0 aliphatic carbocycles. The minimum absolute atomic E-state index is 0.229. The molecule has 0 spiro atoms. The van der Waals surface area contributed by atoms with Crippen LogP contribution in [0.4, 0.5) is 0 Å². The summed E-state index contributed by atoms with van der Waals surface area (Å²) in [7, 11) is 1.61. The largest absolute Gasteiger partial charge is 0.497 e. The van der Waals surface area contributed by atoms with E-state index >= 15 is 0 Å². The summed E-state index contributed by atoms with van der Waals surface area (Å²) < 4.78 is 5.29. The number of imidazole rings is 1. The summed E-state index contributed by atoms with van der Waals surface area (Å²) in [4.78, 5) is 33.5. The fourth-order valence-corrected chi connectivity index (χ4v) is 4.17. The first-order valence-corrected chi connectivity index (χ1v) is 11.4. The van der Waals surface area contributed by atoms with Gasteiger partial charge in [-0.3, -0.25) is 9.59 Å². The highest BCUT2D eigenvalue weighted by Crippen LogP contribution is 2.26. The van der Waals surface area contributed by atoms with Gasteiger partial charge in [0, 0.05) is 18.3 Å². The molecule has 8 nitrogen and oxygen atoms in total. The van der Waals surface area contributed by atoms with Gasteiger partial charge in [0.15, 0.2) is 0 Å². The number of hydrogen-bond acceptors (Lipinski definition) is 5. The van der Waals surface area contributed by atoms with Gasteiger partial charge >= 0.3 is 0 Å². The van der Waals surface area contributed by atoms with Crippen molar-refractivity contribution in [1.29, 1.82) is 5.41 Å². The first kappa shape index (κ1) is 22.8. The van der Waals surface area contributed by atoms with Gasteiger partial charge in [-0.25, -0.2) is 4.98 Å². The number of H-pyrrole nitrogens is 1. The number of amides is 2. The minimum Gasteiger partial charge on any atom is -0.497 e. The van der Waals surface area contributed by atoms with Gasteiger partial charge in [0.25, 0.3) is 11.8 Å². The molecule has 0 saturated carbocycles. The molecule has 0 radical (unpaired) electrons. The Hall–Kier alpha value is -3.39. The molecule has 0 fully saturated rings. The predicted molar refractivity (Wildman–Crippen MR) is 127 cm³/mol. The molecule has 172 valence electrons.